The molecule has 0 fully saturated rings. The summed E-state index contributed by atoms with van der Waals surface area (Å²) in [4.78, 5) is 9.34. The molecular formula is C12H8N4S. The number of thiophene rings is 1. The molecule has 0 radical (unpaired) electrons. The first-order valence-electron chi connectivity index (χ1n) is 5.07. The lowest BCUT2D eigenvalue weighted by Gasteiger charge is -1.99. The van der Waals surface area contributed by atoms with Crippen LogP contribution in [-0.4, -0.2) is 20.2 Å². The zero-order chi connectivity index (χ0) is 11.5. The van der Waals surface area contributed by atoms with Crippen molar-refractivity contribution in [1.29, 1.82) is 0 Å². The molecule has 0 saturated carbocycles. The molecule has 5 heteroatoms. The van der Waals surface area contributed by atoms with Gasteiger partial charge in [-0.15, -0.1) is 21.5 Å². The highest BCUT2D eigenvalue weighted by Crippen LogP contribution is 2.22. The second-order valence-corrected chi connectivity index (χ2v) is 4.33. The van der Waals surface area contributed by atoms with E-state index >= 15 is 0 Å². The number of hydrogen-bond donors (Lipinski definition) is 0. The summed E-state index contributed by atoms with van der Waals surface area (Å²) in [5.74, 6) is 0.618. The number of rotatable bonds is 2. The van der Waals surface area contributed by atoms with E-state index in [1.807, 2.05) is 29.6 Å². The van der Waals surface area contributed by atoms with E-state index in [1.54, 1.807) is 29.9 Å². The van der Waals surface area contributed by atoms with Crippen molar-refractivity contribution in [3.63, 3.8) is 0 Å². The lowest BCUT2D eigenvalue weighted by atomic mass is 10.2. The number of pyridine rings is 1. The molecule has 3 aromatic rings. The maximum Gasteiger partial charge on any atom is 0.181 e. The third-order valence-corrected chi connectivity index (χ3v) is 3.17. The maximum atomic E-state index is 4.31. The molecule has 0 amide bonds. The Labute approximate surface area is 102 Å². The molecule has 0 unspecified atom stereocenters. The summed E-state index contributed by atoms with van der Waals surface area (Å²) in [6.45, 7) is 0. The van der Waals surface area contributed by atoms with Crippen LogP contribution in [0.15, 0.2) is 48.2 Å². The van der Waals surface area contributed by atoms with Crippen molar-refractivity contribution >= 4 is 11.3 Å². The summed E-state index contributed by atoms with van der Waals surface area (Å²) in [6, 6.07) is 7.71. The van der Waals surface area contributed by atoms with Crippen LogP contribution < -0.4 is 0 Å². The van der Waals surface area contributed by atoms with Gasteiger partial charge in [0.15, 0.2) is 5.82 Å². The molecule has 0 aliphatic heterocycles. The molecule has 0 aliphatic carbocycles. The molecule has 0 atom stereocenters. The minimum atomic E-state index is 0.618. The van der Waals surface area contributed by atoms with Gasteiger partial charge in [-0.05, 0) is 23.6 Å². The molecule has 0 saturated heterocycles. The SMILES string of the molecule is c1csc(-c2cnc(-c3ccncc3)nn2)c1. The quantitative estimate of drug-likeness (QED) is 0.691. The molecule has 82 valence electrons. The summed E-state index contributed by atoms with van der Waals surface area (Å²) >= 11 is 1.63. The van der Waals surface area contributed by atoms with Gasteiger partial charge in [-0.3, -0.25) is 4.98 Å². The third kappa shape index (κ3) is 2.05. The molecular weight excluding hydrogens is 232 g/mol. The van der Waals surface area contributed by atoms with Gasteiger partial charge in [0, 0.05) is 18.0 Å². The topological polar surface area (TPSA) is 51.6 Å². The molecule has 0 bridgehead atoms. The largest absolute Gasteiger partial charge is 0.265 e. The Morgan fingerprint density at radius 1 is 1.00 bits per heavy atom. The van der Waals surface area contributed by atoms with E-state index in [2.05, 4.69) is 20.2 Å². The van der Waals surface area contributed by atoms with Gasteiger partial charge in [0.25, 0.3) is 0 Å². The second kappa shape index (κ2) is 4.39. The van der Waals surface area contributed by atoms with Gasteiger partial charge in [-0.2, -0.15) is 0 Å². The van der Waals surface area contributed by atoms with E-state index in [0.29, 0.717) is 5.82 Å². The minimum absolute atomic E-state index is 0.618. The third-order valence-electron chi connectivity index (χ3n) is 2.27. The fraction of sp³-hybridized carbons (Fsp3) is 0. The van der Waals surface area contributed by atoms with E-state index in [-0.39, 0.29) is 0 Å². The Morgan fingerprint density at radius 2 is 1.88 bits per heavy atom. The summed E-state index contributed by atoms with van der Waals surface area (Å²) in [5.41, 5.74) is 1.73. The molecule has 0 spiro atoms. The van der Waals surface area contributed by atoms with Crippen molar-refractivity contribution in [2.45, 2.75) is 0 Å². The highest BCUT2D eigenvalue weighted by Gasteiger charge is 2.04. The molecule has 3 rings (SSSR count). The normalized spacial score (nSPS) is 10.4. The Bertz CT molecular complexity index is 590. The summed E-state index contributed by atoms with van der Waals surface area (Å²) in [6.07, 6.45) is 5.17. The molecule has 4 nitrogen and oxygen atoms in total. The summed E-state index contributed by atoms with van der Waals surface area (Å²) in [7, 11) is 0. The molecule has 3 aromatic heterocycles. The zero-order valence-electron chi connectivity index (χ0n) is 8.82. The first-order chi connectivity index (χ1) is 8.43. The van der Waals surface area contributed by atoms with Crippen LogP contribution in [0.5, 0.6) is 0 Å². The van der Waals surface area contributed by atoms with Gasteiger partial charge in [-0.25, -0.2) is 4.98 Å². The number of hydrogen-bond acceptors (Lipinski definition) is 5. The van der Waals surface area contributed by atoms with Gasteiger partial charge in [0.2, 0.25) is 0 Å². The van der Waals surface area contributed by atoms with Gasteiger partial charge in [0.1, 0.15) is 5.69 Å². The van der Waals surface area contributed by atoms with E-state index in [9.17, 15) is 0 Å². The second-order valence-electron chi connectivity index (χ2n) is 3.38. The average Bonchev–Trinajstić information content (AvgIpc) is 2.94. The van der Waals surface area contributed by atoms with Crippen LogP contribution in [0, 0.1) is 0 Å². The van der Waals surface area contributed by atoms with Crippen molar-refractivity contribution in [2.75, 3.05) is 0 Å². The smallest absolute Gasteiger partial charge is 0.181 e. The minimum Gasteiger partial charge on any atom is -0.265 e. The highest BCUT2D eigenvalue weighted by molar-refractivity contribution is 7.13. The van der Waals surface area contributed by atoms with E-state index in [1.165, 1.54) is 0 Å². The predicted molar refractivity (Wildman–Crippen MR) is 66.4 cm³/mol. The van der Waals surface area contributed by atoms with Gasteiger partial charge >= 0.3 is 0 Å². The van der Waals surface area contributed by atoms with Crippen LogP contribution in [0.25, 0.3) is 22.0 Å². The molecule has 0 aliphatic rings. The Hall–Kier alpha value is -2.14. The molecule has 17 heavy (non-hydrogen) atoms. The van der Waals surface area contributed by atoms with Crippen molar-refractivity contribution in [2.24, 2.45) is 0 Å². The van der Waals surface area contributed by atoms with E-state index < -0.39 is 0 Å². The van der Waals surface area contributed by atoms with Crippen LogP contribution in [0.2, 0.25) is 0 Å². The van der Waals surface area contributed by atoms with Gasteiger partial charge < -0.3 is 0 Å². The Kier molecular flexibility index (Phi) is 2.59. The highest BCUT2D eigenvalue weighted by atomic mass is 32.1. The van der Waals surface area contributed by atoms with Crippen LogP contribution in [0.4, 0.5) is 0 Å². The summed E-state index contributed by atoms with van der Waals surface area (Å²) < 4.78 is 0. The fourth-order valence-electron chi connectivity index (χ4n) is 1.45. The lowest BCUT2D eigenvalue weighted by Crippen LogP contribution is -1.93. The Balaban J connectivity index is 1.96. The Morgan fingerprint density at radius 3 is 2.53 bits per heavy atom. The molecule has 3 heterocycles. The van der Waals surface area contributed by atoms with Crippen LogP contribution in [0.1, 0.15) is 0 Å². The zero-order valence-corrected chi connectivity index (χ0v) is 9.63. The fourth-order valence-corrected chi connectivity index (χ4v) is 2.12. The lowest BCUT2D eigenvalue weighted by molar-refractivity contribution is 0.989. The van der Waals surface area contributed by atoms with Gasteiger partial charge in [0.05, 0.1) is 11.1 Å². The number of nitrogens with zero attached hydrogens (tertiary/aromatic N) is 4. The first-order valence-corrected chi connectivity index (χ1v) is 5.95. The van der Waals surface area contributed by atoms with Crippen LogP contribution >= 0.6 is 11.3 Å². The number of aromatic nitrogens is 4. The van der Waals surface area contributed by atoms with Crippen molar-refractivity contribution in [1.82, 2.24) is 20.2 Å². The molecule has 0 aromatic carbocycles. The van der Waals surface area contributed by atoms with E-state index in [0.717, 1.165) is 16.1 Å². The van der Waals surface area contributed by atoms with Crippen molar-refractivity contribution in [3.8, 4) is 22.0 Å². The average molecular weight is 240 g/mol. The summed E-state index contributed by atoms with van der Waals surface area (Å²) in [5, 5.41) is 10.3. The van der Waals surface area contributed by atoms with Crippen molar-refractivity contribution < 1.29 is 0 Å². The van der Waals surface area contributed by atoms with Crippen LogP contribution in [0.3, 0.4) is 0 Å². The molecule has 0 N–H and O–H groups in total. The van der Waals surface area contributed by atoms with Crippen molar-refractivity contribution in [3.05, 3.63) is 48.2 Å². The van der Waals surface area contributed by atoms with Gasteiger partial charge in [-0.1, -0.05) is 6.07 Å². The van der Waals surface area contributed by atoms with Crippen LogP contribution in [-0.2, 0) is 0 Å². The predicted octanol–water partition coefficient (Wildman–Crippen LogP) is 2.66. The maximum absolute atomic E-state index is 4.31. The monoisotopic (exact) mass is 240 g/mol. The first kappa shape index (κ1) is 10.0. The van der Waals surface area contributed by atoms with E-state index in [4.69, 9.17) is 0 Å². The standard InChI is InChI=1S/C12H8N4S/c1-2-11(17-7-1)10-8-14-12(16-15-10)9-3-5-13-6-4-9/h1-8H.